The van der Waals surface area contributed by atoms with Crippen molar-refractivity contribution in [2.24, 2.45) is 10.4 Å². The Bertz CT molecular complexity index is 474. The molecule has 0 radical (unpaired) electrons. The van der Waals surface area contributed by atoms with Crippen LogP contribution in [0.2, 0.25) is 5.02 Å². The number of ether oxygens (including phenoxy) is 1. The van der Waals surface area contributed by atoms with E-state index in [1.807, 2.05) is 18.2 Å². The van der Waals surface area contributed by atoms with Gasteiger partial charge >= 0.3 is 0 Å². The predicted octanol–water partition coefficient (Wildman–Crippen LogP) is 3.89. The summed E-state index contributed by atoms with van der Waals surface area (Å²) in [6.45, 7) is 5.28. The maximum atomic E-state index is 5.99. The number of halogens is 1. The van der Waals surface area contributed by atoms with Gasteiger partial charge in [0, 0.05) is 17.3 Å². The number of hydrogen-bond donors (Lipinski definition) is 1. The van der Waals surface area contributed by atoms with Gasteiger partial charge in [0.15, 0.2) is 5.17 Å². The normalized spacial score (nSPS) is 18.1. The third kappa shape index (κ3) is 3.33. The zero-order valence-electron chi connectivity index (χ0n) is 10.8. The molecule has 0 fully saturated rings. The lowest BCUT2D eigenvalue weighted by atomic mass is 9.97. The molecule has 0 saturated heterocycles. The maximum Gasteiger partial charge on any atom is 0.161 e. The minimum absolute atomic E-state index is 0.272. The molecule has 5 heteroatoms. The highest BCUT2D eigenvalue weighted by Crippen LogP contribution is 2.32. The molecule has 98 valence electrons. The molecule has 0 unspecified atom stereocenters. The smallest absolute Gasteiger partial charge is 0.161 e. The van der Waals surface area contributed by atoms with Crippen LogP contribution in [-0.2, 0) is 0 Å². The summed E-state index contributed by atoms with van der Waals surface area (Å²) in [5, 5.41) is 4.89. The number of hydrogen-bond acceptors (Lipinski definition) is 4. The Morgan fingerprint density at radius 3 is 2.83 bits per heavy atom. The van der Waals surface area contributed by atoms with Crippen molar-refractivity contribution in [1.82, 2.24) is 0 Å². The van der Waals surface area contributed by atoms with Gasteiger partial charge in [-0.3, -0.25) is 4.99 Å². The van der Waals surface area contributed by atoms with E-state index in [1.54, 1.807) is 18.9 Å². The van der Waals surface area contributed by atoms with Gasteiger partial charge in [-0.2, -0.15) is 0 Å². The first kappa shape index (κ1) is 13.6. The summed E-state index contributed by atoms with van der Waals surface area (Å²) in [7, 11) is 1.65. The van der Waals surface area contributed by atoms with Gasteiger partial charge in [0.25, 0.3) is 0 Å². The van der Waals surface area contributed by atoms with Crippen LogP contribution in [0.1, 0.15) is 13.8 Å². The van der Waals surface area contributed by atoms with Gasteiger partial charge in [0.2, 0.25) is 0 Å². The van der Waals surface area contributed by atoms with Crippen molar-refractivity contribution < 1.29 is 4.74 Å². The van der Waals surface area contributed by atoms with Crippen molar-refractivity contribution in [3.63, 3.8) is 0 Å². The number of benzene rings is 1. The van der Waals surface area contributed by atoms with Crippen molar-refractivity contribution in [2.45, 2.75) is 13.8 Å². The molecule has 0 amide bonds. The molecule has 0 bridgehead atoms. The molecule has 1 aromatic rings. The monoisotopic (exact) mass is 284 g/mol. The summed E-state index contributed by atoms with van der Waals surface area (Å²) < 4.78 is 5.30. The topological polar surface area (TPSA) is 33.6 Å². The molecule has 0 saturated carbocycles. The third-order valence-electron chi connectivity index (χ3n) is 2.65. The summed E-state index contributed by atoms with van der Waals surface area (Å²) >= 11 is 7.72. The highest BCUT2D eigenvalue weighted by Gasteiger charge is 2.23. The van der Waals surface area contributed by atoms with Gasteiger partial charge in [-0.15, -0.1) is 0 Å². The number of methoxy groups -OCH3 is 1. The van der Waals surface area contributed by atoms with Crippen molar-refractivity contribution in [3.05, 3.63) is 23.2 Å². The Hall–Kier alpha value is -0.870. The van der Waals surface area contributed by atoms with Crippen LogP contribution in [0.3, 0.4) is 0 Å². The van der Waals surface area contributed by atoms with Gasteiger partial charge in [-0.05, 0) is 23.6 Å². The Balaban J connectivity index is 2.15. The Labute approximate surface area is 117 Å². The number of anilines is 1. The second-order valence-corrected chi connectivity index (χ2v) is 6.44. The Morgan fingerprint density at radius 2 is 2.22 bits per heavy atom. The quantitative estimate of drug-likeness (QED) is 0.894. The SMILES string of the molecule is COc1ccc(Cl)cc1NC1=NCC(C)(C)CS1. The van der Waals surface area contributed by atoms with E-state index in [0.29, 0.717) is 5.02 Å². The van der Waals surface area contributed by atoms with E-state index in [2.05, 4.69) is 24.2 Å². The highest BCUT2D eigenvalue weighted by atomic mass is 35.5. The molecule has 1 heterocycles. The molecule has 3 nitrogen and oxygen atoms in total. The fraction of sp³-hybridized carbons (Fsp3) is 0.462. The standard InChI is InChI=1S/C13H17ClN2OS/c1-13(2)7-15-12(18-8-13)16-10-6-9(14)4-5-11(10)17-3/h4-6H,7-8H2,1-3H3,(H,15,16). The summed E-state index contributed by atoms with van der Waals surface area (Å²) in [6.07, 6.45) is 0. The van der Waals surface area contributed by atoms with Crippen LogP contribution in [-0.4, -0.2) is 24.6 Å². The van der Waals surface area contributed by atoms with Crippen molar-refractivity contribution in [1.29, 1.82) is 0 Å². The molecular weight excluding hydrogens is 268 g/mol. The van der Waals surface area contributed by atoms with Gasteiger partial charge in [-0.1, -0.05) is 37.2 Å². The fourth-order valence-electron chi connectivity index (χ4n) is 1.61. The average molecular weight is 285 g/mol. The van der Waals surface area contributed by atoms with E-state index >= 15 is 0 Å². The summed E-state index contributed by atoms with van der Waals surface area (Å²) in [6, 6.07) is 5.51. The Morgan fingerprint density at radius 1 is 1.44 bits per heavy atom. The molecule has 1 aliphatic heterocycles. The van der Waals surface area contributed by atoms with E-state index in [4.69, 9.17) is 16.3 Å². The van der Waals surface area contributed by atoms with Crippen LogP contribution in [0.25, 0.3) is 0 Å². The number of aliphatic imine (C=N–C) groups is 1. The molecular formula is C13H17ClN2OS. The molecule has 0 spiro atoms. The zero-order valence-corrected chi connectivity index (χ0v) is 12.4. The molecule has 0 aliphatic carbocycles. The van der Waals surface area contributed by atoms with Gasteiger partial charge in [0.05, 0.1) is 12.8 Å². The second kappa shape index (κ2) is 5.41. The third-order valence-corrected chi connectivity index (χ3v) is 4.32. The lowest BCUT2D eigenvalue weighted by Gasteiger charge is -2.27. The number of amidine groups is 1. The van der Waals surface area contributed by atoms with Crippen LogP contribution in [0, 0.1) is 5.41 Å². The summed E-state index contributed by atoms with van der Waals surface area (Å²) in [5.41, 5.74) is 1.13. The average Bonchev–Trinajstić information content (AvgIpc) is 2.32. The van der Waals surface area contributed by atoms with Crippen LogP contribution in [0.5, 0.6) is 5.75 Å². The second-order valence-electron chi connectivity index (χ2n) is 5.04. The first-order valence-electron chi connectivity index (χ1n) is 5.78. The number of nitrogens with one attached hydrogen (secondary N) is 1. The minimum Gasteiger partial charge on any atom is -0.495 e. The molecule has 0 aromatic heterocycles. The van der Waals surface area contributed by atoms with E-state index in [1.165, 1.54) is 0 Å². The first-order valence-corrected chi connectivity index (χ1v) is 7.14. The first-order chi connectivity index (χ1) is 8.50. The number of nitrogens with zero attached hydrogens (tertiary/aromatic N) is 1. The minimum atomic E-state index is 0.272. The van der Waals surface area contributed by atoms with Crippen LogP contribution in [0.4, 0.5) is 5.69 Å². The highest BCUT2D eigenvalue weighted by molar-refractivity contribution is 8.14. The Kier molecular flexibility index (Phi) is 4.07. The van der Waals surface area contributed by atoms with Crippen molar-refractivity contribution in [2.75, 3.05) is 24.7 Å². The largest absolute Gasteiger partial charge is 0.495 e. The van der Waals surface area contributed by atoms with Crippen LogP contribution in [0.15, 0.2) is 23.2 Å². The van der Waals surface area contributed by atoms with Crippen LogP contribution >= 0.6 is 23.4 Å². The van der Waals surface area contributed by atoms with E-state index in [0.717, 1.165) is 28.9 Å². The summed E-state index contributed by atoms with van der Waals surface area (Å²) in [4.78, 5) is 4.55. The van der Waals surface area contributed by atoms with Gasteiger partial charge < -0.3 is 10.1 Å². The lowest BCUT2D eigenvalue weighted by molar-refractivity contribution is 0.417. The zero-order chi connectivity index (χ0) is 13.2. The molecule has 18 heavy (non-hydrogen) atoms. The van der Waals surface area contributed by atoms with Crippen LogP contribution < -0.4 is 10.1 Å². The molecule has 2 rings (SSSR count). The summed E-state index contributed by atoms with van der Waals surface area (Å²) in [5.74, 6) is 1.83. The fourth-order valence-corrected chi connectivity index (χ4v) is 2.74. The molecule has 1 aliphatic rings. The lowest BCUT2D eigenvalue weighted by Crippen LogP contribution is -2.27. The number of rotatable bonds is 2. The molecule has 1 aromatic carbocycles. The predicted molar refractivity (Wildman–Crippen MR) is 80.2 cm³/mol. The van der Waals surface area contributed by atoms with Gasteiger partial charge in [0.1, 0.15) is 5.75 Å². The molecule has 0 atom stereocenters. The van der Waals surface area contributed by atoms with Crippen molar-refractivity contribution in [3.8, 4) is 5.75 Å². The van der Waals surface area contributed by atoms with Crippen molar-refractivity contribution >= 4 is 34.2 Å². The van der Waals surface area contributed by atoms with E-state index in [9.17, 15) is 0 Å². The number of thioether (sulfide) groups is 1. The van der Waals surface area contributed by atoms with Gasteiger partial charge in [-0.25, -0.2) is 0 Å². The molecule has 1 N–H and O–H groups in total. The van der Waals surface area contributed by atoms with E-state index in [-0.39, 0.29) is 5.41 Å². The maximum absolute atomic E-state index is 5.99. The van der Waals surface area contributed by atoms with E-state index < -0.39 is 0 Å².